The molecule has 0 unspecified atom stereocenters. The first-order chi connectivity index (χ1) is 5.31. The summed E-state index contributed by atoms with van der Waals surface area (Å²) in [4.78, 5) is 0. The zero-order chi connectivity index (χ0) is 8.53. The van der Waals surface area contributed by atoms with Crippen LogP contribution < -0.4 is 5.32 Å². The predicted molar refractivity (Wildman–Crippen MR) is 51.8 cm³/mol. The van der Waals surface area contributed by atoms with E-state index in [-0.39, 0.29) is 0 Å². The molecular weight excluding hydrogens is 134 g/mol. The lowest BCUT2D eigenvalue weighted by Gasteiger charge is -2.18. The molecule has 0 atom stereocenters. The average molecular weight is 157 g/mol. The lowest BCUT2D eigenvalue weighted by Crippen LogP contribution is -2.06. The summed E-state index contributed by atoms with van der Waals surface area (Å²) in [7, 11) is 1.98. The molecule has 0 aliphatic heterocycles. The molecule has 1 fully saturated rings. The van der Waals surface area contributed by atoms with E-state index in [2.05, 4.69) is 19.2 Å². The van der Waals surface area contributed by atoms with Crippen molar-refractivity contribution in [2.24, 2.45) is 5.92 Å². The Labute approximate surface area is 71.6 Å². The second-order valence-electron chi connectivity index (χ2n) is 3.49. The van der Waals surface area contributed by atoms with E-state index in [0.717, 1.165) is 12.5 Å². The SMILES string of the molecule is CC1CCC1.CCCCNC. The van der Waals surface area contributed by atoms with E-state index in [9.17, 15) is 0 Å². The van der Waals surface area contributed by atoms with Gasteiger partial charge in [-0.2, -0.15) is 0 Å². The predicted octanol–water partition coefficient (Wildman–Crippen LogP) is 2.81. The summed E-state index contributed by atoms with van der Waals surface area (Å²) < 4.78 is 0. The van der Waals surface area contributed by atoms with E-state index in [0.29, 0.717) is 0 Å². The van der Waals surface area contributed by atoms with Crippen LogP contribution in [0.4, 0.5) is 0 Å². The van der Waals surface area contributed by atoms with Gasteiger partial charge in [-0.05, 0) is 25.9 Å². The molecule has 0 saturated heterocycles. The fourth-order valence-electron chi connectivity index (χ4n) is 0.966. The molecule has 1 rings (SSSR count). The summed E-state index contributed by atoms with van der Waals surface area (Å²) in [6, 6.07) is 0. The fraction of sp³-hybridized carbons (Fsp3) is 1.00. The van der Waals surface area contributed by atoms with Gasteiger partial charge in [0.2, 0.25) is 0 Å². The molecule has 0 spiro atoms. The van der Waals surface area contributed by atoms with Crippen LogP contribution in [-0.2, 0) is 0 Å². The quantitative estimate of drug-likeness (QED) is 0.621. The summed E-state index contributed by atoms with van der Waals surface area (Å²) in [5.41, 5.74) is 0. The normalized spacial score (nSPS) is 16.6. The highest BCUT2D eigenvalue weighted by Crippen LogP contribution is 2.24. The number of hydrogen-bond acceptors (Lipinski definition) is 1. The maximum atomic E-state index is 3.07. The molecular formula is C10H23N. The second kappa shape index (κ2) is 8.06. The van der Waals surface area contributed by atoms with Crippen LogP contribution in [0.1, 0.15) is 46.0 Å². The third-order valence-corrected chi connectivity index (χ3v) is 2.17. The summed E-state index contributed by atoms with van der Waals surface area (Å²) in [5.74, 6) is 1.06. The maximum Gasteiger partial charge on any atom is -0.00520 e. The van der Waals surface area contributed by atoms with Crippen molar-refractivity contribution in [3.05, 3.63) is 0 Å². The maximum absolute atomic E-state index is 3.07. The Hall–Kier alpha value is -0.0400. The highest BCUT2D eigenvalue weighted by molar-refractivity contribution is 4.62. The topological polar surface area (TPSA) is 12.0 Å². The number of rotatable bonds is 3. The van der Waals surface area contributed by atoms with Crippen molar-refractivity contribution >= 4 is 0 Å². The van der Waals surface area contributed by atoms with Gasteiger partial charge in [0.25, 0.3) is 0 Å². The summed E-state index contributed by atoms with van der Waals surface area (Å²) in [6.45, 7) is 5.66. The highest BCUT2D eigenvalue weighted by Gasteiger charge is 2.09. The molecule has 1 heteroatoms. The average Bonchev–Trinajstić information content (AvgIpc) is 1.98. The first-order valence-electron chi connectivity index (χ1n) is 4.95. The molecule has 0 aromatic rings. The standard InChI is InChI=1S/C5H13N.C5H10/c1-3-4-5-6-2;1-5-3-2-4-5/h6H,3-5H2,1-2H3;5H,2-4H2,1H3. The van der Waals surface area contributed by atoms with Gasteiger partial charge in [0, 0.05) is 0 Å². The summed E-state index contributed by atoms with van der Waals surface area (Å²) >= 11 is 0. The molecule has 0 aromatic carbocycles. The first-order valence-corrected chi connectivity index (χ1v) is 4.95. The minimum absolute atomic E-state index is 1.06. The van der Waals surface area contributed by atoms with Crippen molar-refractivity contribution in [2.45, 2.75) is 46.0 Å². The summed E-state index contributed by atoms with van der Waals surface area (Å²) in [5, 5.41) is 3.07. The highest BCUT2D eigenvalue weighted by atomic mass is 14.8. The molecule has 1 aliphatic carbocycles. The van der Waals surface area contributed by atoms with E-state index in [1.807, 2.05) is 7.05 Å². The third-order valence-electron chi connectivity index (χ3n) is 2.17. The van der Waals surface area contributed by atoms with Gasteiger partial charge in [0.1, 0.15) is 0 Å². The molecule has 0 radical (unpaired) electrons. The van der Waals surface area contributed by atoms with Crippen LogP contribution in [0.25, 0.3) is 0 Å². The van der Waals surface area contributed by atoms with Crippen LogP contribution in [0, 0.1) is 5.92 Å². The Balaban J connectivity index is 0.000000183. The molecule has 1 nitrogen and oxygen atoms in total. The molecule has 0 bridgehead atoms. The zero-order valence-corrected chi connectivity index (χ0v) is 8.32. The Morgan fingerprint density at radius 1 is 1.36 bits per heavy atom. The molecule has 0 aromatic heterocycles. The molecule has 0 heterocycles. The Kier molecular flexibility index (Phi) is 8.03. The van der Waals surface area contributed by atoms with Crippen LogP contribution in [0.3, 0.4) is 0 Å². The largest absolute Gasteiger partial charge is 0.320 e. The van der Waals surface area contributed by atoms with Crippen LogP contribution in [0.2, 0.25) is 0 Å². The Bertz CT molecular complexity index is 63.3. The van der Waals surface area contributed by atoms with E-state index >= 15 is 0 Å². The Morgan fingerprint density at radius 3 is 2.00 bits per heavy atom. The third kappa shape index (κ3) is 7.86. The molecule has 11 heavy (non-hydrogen) atoms. The smallest absolute Gasteiger partial charge is 0.00520 e. The minimum atomic E-state index is 1.06. The van der Waals surface area contributed by atoms with Crippen molar-refractivity contribution < 1.29 is 0 Å². The van der Waals surface area contributed by atoms with Crippen molar-refractivity contribution in [1.82, 2.24) is 5.32 Å². The van der Waals surface area contributed by atoms with Crippen LogP contribution in [0.15, 0.2) is 0 Å². The number of nitrogens with one attached hydrogen (secondary N) is 1. The van der Waals surface area contributed by atoms with E-state index < -0.39 is 0 Å². The van der Waals surface area contributed by atoms with E-state index in [1.54, 1.807) is 0 Å². The van der Waals surface area contributed by atoms with Crippen molar-refractivity contribution in [3.63, 3.8) is 0 Å². The van der Waals surface area contributed by atoms with Gasteiger partial charge >= 0.3 is 0 Å². The second-order valence-corrected chi connectivity index (χ2v) is 3.49. The van der Waals surface area contributed by atoms with Crippen molar-refractivity contribution in [2.75, 3.05) is 13.6 Å². The molecule has 1 aliphatic rings. The van der Waals surface area contributed by atoms with Gasteiger partial charge in [-0.25, -0.2) is 0 Å². The molecule has 1 N–H and O–H groups in total. The van der Waals surface area contributed by atoms with Crippen molar-refractivity contribution in [3.8, 4) is 0 Å². The van der Waals surface area contributed by atoms with Crippen molar-refractivity contribution in [1.29, 1.82) is 0 Å². The lowest BCUT2D eigenvalue weighted by molar-refractivity contribution is 0.346. The van der Waals surface area contributed by atoms with Gasteiger partial charge in [0.05, 0.1) is 0 Å². The number of unbranched alkanes of at least 4 members (excludes halogenated alkanes) is 1. The molecule has 0 amide bonds. The Morgan fingerprint density at radius 2 is 1.91 bits per heavy atom. The van der Waals surface area contributed by atoms with Crippen LogP contribution in [-0.4, -0.2) is 13.6 Å². The van der Waals surface area contributed by atoms with Gasteiger partial charge in [-0.3, -0.25) is 0 Å². The van der Waals surface area contributed by atoms with Gasteiger partial charge in [0.15, 0.2) is 0 Å². The van der Waals surface area contributed by atoms with E-state index in [1.165, 1.54) is 32.1 Å². The van der Waals surface area contributed by atoms with Gasteiger partial charge < -0.3 is 5.32 Å². The molecule has 1 saturated carbocycles. The fourth-order valence-corrected chi connectivity index (χ4v) is 0.966. The molecule has 68 valence electrons. The first kappa shape index (κ1) is 11.0. The number of hydrogen-bond donors (Lipinski definition) is 1. The zero-order valence-electron chi connectivity index (χ0n) is 8.32. The lowest BCUT2D eigenvalue weighted by atomic mass is 9.88. The van der Waals surface area contributed by atoms with E-state index in [4.69, 9.17) is 0 Å². The van der Waals surface area contributed by atoms with Gasteiger partial charge in [-0.1, -0.05) is 39.5 Å². The van der Waals surface area contributed by atoms with Crippen LogP contribution in [0.5, 0.6) is 0 Å². The summed E-state index contributed by atoms with van der Waals surface area (Å²) in [6.07, 6.45) is 7.05. The minimum Gasteiger partial charge on any atom is -0.320 e. The van der Waals surface area contributed by atoms with Crippen LogP contribution >= 0.6 is 0 Å². The van der Waals surface area contributed by atoms with Gasteiger partial charge in [-0.15, -0.1) is 0 Å². The monoisotopic (exact) mass is 157 g/mol.